The van der Waals surface area contributed by atoms with Gasteiger partial charge in [-0.1, -0.05) is 22.0 Å². The normalized spacial score (nSPS) is 10.3. The summed E-state index contributed by atoms with van der Waals surface area (Å²) < 4.78 is 6.56. The number of aryl methyl sites for hydroxylation is 1. The van der Waals surface area contributed by atoms with E-state index in [0.29, 0.717) is 11.3 Å². The lowest BCUT2D eigenvalue weighted by Crippen LogP contribution is -1.95. The summed E-state index contributed by atoms with van der Waals surface area (Å²) in [5, 5.41) is 11.1. The Labute approximate surface area is 129 Å². The molecule has 2 aromatic rings. The highest BCUT2D eigenvalue weighted by atomic mass is 79.9. The van der Waals surface area contributed by atoms with Crippen molar-refractivity contribution >= 4 is 33.2 Å². The van der Waals surface area contributed by atoms with E-state index in [0.717, 1.165) is 10.0 Å². The molecule has 20 heavy (non-hydrogen) atoms. The first kappa shape index (κ1) is 14.8. The molecule has 0 heterocycles. The summed E-state index contributed by atoms with van der Waals surface area (Å²) in [6.45, 7) is 1.92. The first-order valence-corrected chi connectivity index (χ1v) is 7.11. The topological polar surface area (TPSA) is 52.4 Å². The second-order valence-corrected chi connectivity index (χ2v) is 5.33. The summed E-state index contributed by atoms with van der Waals surface area (Å²) >= 11 is 9.08. The van der Waals surface area contributed by atoms with Crippen LogP contribution >= 0.6 is 27.5 Å². The molecule has 0 radical (unpaired) electrons. The number of hydrogen-bond donors (Lipinski definition) is 0. The number of hydrogen-bond acceptors (Lipinski definition) is 3. The van der Waals surface area contributed by atoms with Gasteiger partial charge in [0.05, 0.1) is 4.92 Å². The van der Waals surface area contributed by atoms with E-state index < -0.39 is 4.92 Å². The average molecular weight is 357 g/mol. The minimum Gasteiger partial charge on any atom is -0.450 e. The summed E-state index contributed by atoms with van der Waals surface area (Å²) in [5.41, 5.74) is 1.57. The summed E-state index contributed by atoms with van der Waals surface area (Å²) in [5.74, 6) is 0.969. The van der Waals surface area contributed by atoms with E-state index in [1.54, 1.807) is 18.2 Å². The van der Waals surface area contributed by atoms with Crippen LogP contribution in [0.3, 0.4) is 0 Å². The van der Waals surface area contributed by atoms with Crippen molar-refractivity contribution in [2.24, 2.45) is 0 Å². The summed E-state index contributed by atoms with van der Waals surface area (Å²) in [6.07, 6.45) is 0. The second kappa shape index (κ2) is 6.24. The maximum Gasteiger partial charge on any atom is 0.311 e. The fraction of sp³-hybridized carbons (Fsp3) is 0.143. The SMILES string of the molecule is Cc1cc(Oc2ccc(CCl)cc2[N+](=O)[O-])ccc1Br. The maximum atomic E-state index is 11.1. The number of nitrogens with zero attached hydrogens (tertiary/aromatic N) is 1. The van der Waals surface area contributed by atoms with E-state index in [1.165, 1.54) is 6.07 Å². The van der Waals surface area contributed by atoms with Gasteiger partial charge < -0.3 is 4.74 Å². The fourth-order valence-corrected chi connectivity index (χ4v) is 2.10. The molecule has 0 amide bonds. The summed E-state index contributed by atoms with van der Waals surface area (Å²) in [7, 11) is 0. The van der Waals surface area contributed by atoms with Gasteiger partial charge in [-0.2, -0.15) is 0 Å². The molecule has 104 valence electrons. The van der Waals surface area contributed by atoms with Crippen LogP contribution in [0.5, 0.6) is 11.5 Å². The summed E-state index contributed by atoms with van der Waals surface area (Å²) in [6, 6.07) is 10.1. The van der Waals surface area contributed by atoms with Crippen molar-refractivity contribution in [3.05, 3.63) is 62.1 Å². The first-order valence-electron chi connectivity index (χ1n) is 5.78. The fourth-order valence-electron chi connectivity index (χ4n) is 1.68. The van der Waals surface area contributed by atoms with E-state index in [-0.39, 0.29) is 17.3 Å². The summed E-state index contributed by atoms with van der Waals surface area (Å²) in [4.78, 5) is 10.6. The van der Waals surface area contributed by atoms with Crippen molar-refractivity contribution in [1.82, 2.24) is 0 Å². The maximum absolute atomic E-state index is 11.1. The minimum atomic E-state index is -0.475. The molecule has 0 N–H and O–H groups in total. The molecule has 0 aliphatic rings. The van der Waals surface area contributed by atoms with Gasteiger partial charge in [0.15, 0.2) is 0 Å². The standard InChI is InChI=1S/C14H11BrClNO3/c1-9-6-11(3-4-12(9)15)20-14-5-2-10(8-16)7-13(14)17(18)19/h2-7H,8H2,1H3. The lowest BCUT2D eigenvalue weighted by atomic mass is 10.2. The first-order chi connectivity index (χ1) is 9.51. The molecule has 0 fully saturated rings. The highest BCUT2D eigenvalue weighted by Crippen LogP contribution is 2.33. The van der Waals surface area contributed by atoms with Crippen LogP contribution in [0.25, 0.3) is 0 Å². The molecule has 2 aromatic carbocycles. The molecule has 0 aromatic heterocycles. The zero-order valence-corrected chi connectivity index (χ0v) is 12.9. The Morgan fingerprint density at radius 3 is 2.65 bits per heavy atom. The van der Waals surface area contributed by atoms with Gasteiger partial charge in [0, 0.05) is 16.4 Å². The van der Waals surface area contributed by atoms with Crippen LogP contribution in [0.1, 0.15) is 11.1 Å². The van der Waals surface area contributed by atoms with Crippen LogP contribution in [0.15, 0.2) is 40.9 Å². The molecule has 0 spiro atoms. The van der Waals surface area contributed by atoms with Crippen LogP contribution in [-0.4, -0.2) is 4.92 Å². The van der Waals surface area contributed by atoms with Crippen LogP contribution in [0.2, 0.25) is 0 Å². The van der Waals surface area contributed by atoms with Crippen molar-refractivity contribution in [3.8, 4) is 11.5 Å². The molecule has 0 saturated heterocycles. The molecule has 0 aliphatic heterocycles. The quantitative estimate of drug-likeness (QED) is 0.430. The van der Waals surface area contributed by atoms with Gasteiger partial charge in [0.2, 0.25) is 5.75 Å². The third-order valence-electron chi connectivity index (χ3n) is 2.73. The van der Waals surface area contributed by atoms with Crippen LogP contribution in [0.4, 0.5) is 5.69 Å². The number of nitro groups is 1. The predicted molar refractivity (Wildman–Crippen MR) is 81.6 cm³/mol. The van der Waals surface area contributed by atoms with E-state index in [9.17, 15) is 10.1 Å². The molecule has 0 bridgehead atoms. The molecular weight excluding hydrogens is 346 g/mol. The van der Waals surface area contributed by atoms with Gasteiger partial charge in [0.25, 0.3) is 0 Å². The van der Waals surface area contributed by atoms with Crippen LogP contribution in [-0.2, 0) is 5.88 Å². The molecule has 0 saturated carbocycles. The third kappa shape index (κ3) is 3.29. The Bertz CT molecular complexity index is 661. The van der Waals surface area contributed by atoms with Crippen molar-refractivity contribution in [1.29, 1.82) is 0 Å². The van der Waals surface area contributed by atoms with Gasteiger partial charge in [0.1, 0.15) is 5.75 Å². The third-order valence-corrected chi connectivity index (χ3v) is 3.93. The lowest BCUT2D eigenvalue weighted by molar-refractivity contribution is -0.385. The van der Waals surface area contributed by atoms with Gasteiger partial charge in [-0.25, -0.2) is 0 Å². The Balaban J connectivity index is 2.37. The van der Waals surface area contributed by atoms with Gasteiger partial charge in [-0.15, -0.1) is 11.6 Å². The van der Waals surface area contributed by atoms with Crippen molar-refractivity contribution in [2.75, 3.05) is 0 Å². The Hall–Kier alpha value is -1.59. The Kier molecular flexibility index (Phi) is 4.62. The number of rotatable bonds is 4. The van der Waals surface area contributed by atoms with Crippen molar-refractivity contribution in [3.63, 3.8) is 0 Å². The van der Waals surface area contributed by atoms with E-state index in [1.807, 2.05) is 19.1 Å². The second-order valence-electron chi connectivity index (χ2n) is 4.21. The molecule has 0 atom stereocenters. The number of nitro benzene ring substituents is 1. The zero-order chi connectivity index (χ0) is 14.7. The van der Waals surface area contributed by atoms with Crippen LogP contribution in [0, 0.1) is 17.0 Å². The minimum absolute atomic E-state index is 0.0938. The number of ether oxygens (including phenoxy) is 1. The largest absolute Gasteiger partial charge is 0.450 e. The van der Waals surface area contributed by atoms with Crippen molar-refractivity contribution < 1.29 is 9.66 Å². The molecule has 2 rings (SSSR count). The van der Waals surface area contributed by atoms with Crippen molar-refractivity contribution in [2.45, 2.75) is 12.8 Å². The van der Waals surface area contributed by atoms with E-state index in [2.05, 4.69) is 15.9 Å². The number of benzene rings is 2. The monoisotopic (exact) mass is 355 g/mol. The molecule has 0 aliphatic carbocycles. The number of alkyl halides is 1. The zero-order valence-electron chi connectivity index (χ0n) is 10.6. The van der Waals surface area contributed by atoms with Crippen LogP contribution < -0.4 is 4.74 Å². The molecule has 0 unspecified atom stereocenters. The van der Waals surface area contributed by atoms with E-state index in [4.69, 9.17) is 16.3 Å². The lowest BCUT2D eigenvalue weighted by Gasteiger charge is -2.08. The molecule has 4 nitrogen and oxygen atoms in total. The number of halogens is 2. The Morgan fingerprint density at radius 2 is 2.05 bits per heavy atom. The molecule has 6 heteroatoms. The Morgan fingerprint density at radius 1 is 1.30 bits per heavy atom. The smallest absolute Gasteiger partial charge is 0.311 e. The highest BCUT2D eigenvalue weighted by molar-refractivity contribution is 9.10. The average Bonchev–Trinajstić information content (AvgIpc) is 2.43. The van der Waals surface area contributed by atoms with Gasteiger partial charge >= 0.3 is 5.69 Å². The highest BCUT2D eigenvalue weighted by Gasteiger charge is 2.16. The van der Waals surface area contributed by atoms with E-state index >= 15 is 0 Å². The molecular formula is C14H11BrClNO3. The van der Waals surface area contributed by atoms with Gasteiger partial charge in [-0.3, -0.25) is 10.1 Å². The van der Waals surface area contributed by atoms with Gasteiger partial charge in [-0.05, 0) is 42.3 Å². The predicted octanol–water partition coefficient (Wildman–Crippen LogP) is 5.20.